The maximum Gasteiger partial charge on any atom is 0.274 e. The normalized spacial score (nSPS) is 21.0. The summed E-state index contributed by atoms with van der Waals surface area (Å²) in [7, 11) is 0. The number of nitrogens with zero attached hydrogens (tertiary/aromatic N) is 3. The van der Waals surface area contributed by atoms with Crippen molar-refractivity contribution >= 4 is 5.91 Å². The molecule has 0 spiro atoms. The molecule has 28 heavy (non-hydrogen) atoms. The van der Waals surface area contributed by atoms with E-state index in [2.05, 4.69) is 45.4 Å². The Morgan fingerprint density at radius 3 is 2.79 bits per heavy atom. The van der Waals surface area contributed by atoms with Gasteiger partial charge in [0.2, 0.25) is 0 Å². The van der Waals surface area contributed by atoms with Gasteiger partial charge in [0.25, 0.3) is 5.91 Å². The van der Waals surface area contributed by atoms with Crippen LogP contribution in [0.3, 0.4) is 0 Å². The van der Waals surface area contributed by atoms with Crippen molar-refractivity contribution in [2.24, 2.45) is 0 Å². The summed E-state index contributed by atoms with van der Waals surface area (Å²) in [6.07, 6.45) is 5.85. The molecule has 0 radical (unpaired) electrons. The van der Waals surface area contributed by atoms with Crippen LogP contribution in [-0.2, 0) is 11.2 Å². The number of rotatable bonds is 6. The van der Waals surface area contributed by atoms with Gasteiger partial charge in [-0.1, -0.05) is 36.8 Å². The number of nitrogens with one attached hydrogen (secondary N) is 1. The van der Waals surface area contributed by atoms with E-state index in [-0.39, 0.29) is 5.91 Å². The lowest BCUT2D eigenvalue weighted by molar-refractivity contribution is 0.0299. The maximum absolute atomic E-state index is 12.7. The van der Waals surface area contributed by atoms with Crippen molar-refractivity contribution in [3.63, 3.8) is 0 Å². The van der Waals surface area contributed by atoms with Crippen molar-refractivity contribution < 1.29 is 9.53 Å². The summed E-state index contributed by atoms with van der Waals surface area (Å²) < 4.78 is 5.34. The second-order valence-corrected chi connectivity index (χ2v) is 7.75. The minimum Gasteiger partial charge on any atom is -0.378 e. The van der Waals surface area contributed by atoms with Crippen LogP contribution in [-0.4, -0.2) is 65.3 Å². The van der Waals surface area contributed by atoms with Crippen LogP contribution in [0.5, 0.6) is 0 Å². The molecule has 1 unspecified atom stereocenters. The van der Waals surface area contributed by atoms with Crippen molar-refractivity contribution in [1.82, 2.24) is 20.0 Å². The molecule has 1 N–H and O–H groups in total. The first-order valence-corrected chi connectivity index (χ1v) is 10.5. The third-order valence-electron chi connectivity index (χ3n) is 5.84. The summed E-state index contributed by atoms with van der Waals surface area (Å²) >= 11 is 0. The van der Waals surface area contributed by atoms with Gasteiger partial charge in [-0.25, -0.2) is 0 Å². The molecule has 2 aliphatic heterocycles. The molecule has 0 bridgehead atoms. The van der Waals surface area contributed by atoms with Crippen LogP contribution < -0.4 is 0 Å². The number of benzene rings is 1. The number of aromatic amines is 1. The Labute approximate surface area is 166 Å². The van der Waals surface area contributed by atoms with Gasteiger partial charge in [-0.2, -0.15) is 5.10 Å². The number of aryl methyl sites for hydroxylation is 1. The molecule has 1 amide bonds. The fraction of sp³-hybridized carbons (Fsp3) is 0.545. The Morgan fingerprint density at radius 1 is 1.14 bits per heavy atom. The van der Waals surface area contributed by atoms with Crippen molar-refractivity contribution in [2.75, 3.05) is 39.4 Å². The van der Waals surface area contributed by atoms with E-state index >= 15 is 0 Å². The summed E-state index contributed by atoms with van der Waals surface area (Å²) in [5.41, 5.74) is 3.01. The first-order chi connectivity index (χ1) is 13.8. The third-order valence-corrected chi connectivity index (χ3v) is 5.84. The van der Waals surface area contributed by atoms with Crippen LogP contribution in [0.25, 0.3) is 0 Å². The lowest BCUT2D eigenvalue weighted by Gasteiger charge is -2.35. The minimum atomic E-state index is 0.0113. The topological polar surface area (TPSA) is 61.5 Å². The Kier molecular flexibility index (Phi) is 6.39. The van der Waals surface area contributed by atoms with Gasteiger partial charge in [0, 0.05) is 13.1 Å². The number of H-pyrrole nitrogens is 1. The van der Waals surface area contributed by atoms with Crippen molar-refractivity contribution in [2.45, 2.75) is 38.1 Å². The Morgan fingerprint density at radius 2 is 1.96 bits per heavy atom. The number of carbonyl (C=O) groups excluding carboxylic acids is 1. The molecule has 1 aromatic heterocycles. The van der Waals surface area contributed by atoms with Gasteiger partial charge in [0.05, 0.1) is 24.9 Å². The van der Waals surface area contributed by atoms with Gasteiger partial charge in [-0.05, 0) is 50.4 Å². The standard InChI is InChI=1S/C22H30N4O2/c27-22(26-13-15-28-16-14-26)20-17-19(23-24-20)21-10-4-5-11-25(21)12-6-9-18-7-2-1-3-8-18/h1-3,7-8,17,21H,4-6,9-16H2,(H,23,24). The quantitative estimate of drug-likeness (QED) is 0.834. The molecule has 0 aliphatic carbocycles. The Bertz CT molecular complexity index is 755. The lowest BCUT2D eigenvalue weighted by atomic mass is 9.98. The number of morpholine rings is 1. The first kappa shape index (κ1) is 19.2. The molecule has 6 nitrogen and oxygen atoms in total. The van der Waals surface area contributed by atoms with E-state index in [0.717, 1.165) is 38.0 Å². The van der Waals surface area contributed by atoms with E-state index < -0.39 is 0 Å². The van der Waals surface area contributed by atoms with Gasteiger partial charge in [0.1, 0.15) is 5.69 Å². The van der Waals surface area contributed by atoms with Gasteiger partial charge >= 0.3 is 0 Å². The number of aromatic nitrogens is 2. The zero-order chi connectivity index (χ0) is 19.2. The molecule has 6 heteroatoms. The van der Waals surface area contributed by atoms with Gasteiger partial charge in [-0.15, -0.1) is 0 Å². The van der Waals surface area contributed by atoms with Crippen LogP contribution in [0.15, 0.2) is 36.4 Å². The summed E-state index contributed by atoms with van der Waals surface area (Å²) in [5.74, 6) is 0.0113. The van der Waals surface area contributed by atoms with E-state index in [1.54, 1.807) is 0 Å². The Balaban J connectivity index is 1.37. The fourth-order valence-corrected chi connectivity index (χ4v) is 4.29. The first-order valence-electron chi connectivity index (χ1n) is 10.5. The predicted octanol–water partition coefficient (Wildman–Crippen LogP) is 3.04. The minimum absolute atomic E-state index is 0.0113. The van der Waals surface area contributed by atoms with E-state index in [1.165, 1.54) is 18.4 Å². The van der Waals surface area contributed by atoms with Gasteiger partial charge < -0.3 is 9.64 Å². The number of amides is 1. The van der Waals surface area contributed by atoms with Crippen LogP contribution >= 0.6 is 0 Å². The number of carbonyl (C=O) groups is 1. The van der Waals surface area contributed by atoms with Crippen LogP contribution in [0.1, 0.15) is 53.5 Å². The number of likely N-dealkylation sites (tertiary alicyclic amines) is 1. The van der Waals surface area contributed by atoms with Crippen LogP contribution in [0.2, 0.25) is 0 Å². The molecule has 4 rings (SSSR count). The molecule has 2 aromatic rings. The average molecular weight is 383 g/mol. The number of hydrogen-bond donors (Lipinski definition) is 1. The lowest BCUT2D eigenvalue weighted by Crippen LogP contribution is -2.40. The molecule has 3 heterocycles. The van der Waals surface area contributed by atoms with Gasteiger partial charge in [0.15, 0.2) is 0 Å². The molecule has 1 aromatic carbocycles. The smallest absolute Gasteiger partial charge is 0.274 e. The maximum atomic E-state index is 12.7. The highest BCUT2D eigenvalue weighted by atomic mass is 16.5. The molecule has 150 valence electrons. The molecule has 2 saturated heterocycles. The monoisotopic (exact) mass is 382 g/mol. The second kappa shape index (κ2) is 9.34. The number of piperidine rings is 1. The zero-order valence-corrected chi connectivity index (χ0v) is 16.5. The van der Waals surface area contributed by atoms with Crippen molar-refractivity contribution in [1.29, 1.82) is 0 Å². The zero-order valence-electron chi connectivity index (χ0n) is 16.5. The summed E-state index contributed by atoms with van der Waals surface area (Å²) in [6, 6.07) is 13.0. The van der Waals surface area contributed by atoms with E-state index in [4.69, 9.17) is 4.74 Å². The molecule has 0 saturated carbocycles. The summed E-state index contributed by atoms with van der Waals surface area (Å²) in [6.45, 7) is 4.71. The van der Waals surface area contributed by atoms with E-state index in [0.29, 0.717) is 38.0 Å². The highest BCUT2D eigenvalue weighted by molar-refractivity contribution is 5.92. The highest BCUT2D eigenvalue weighted by Crippen LogP contribution is 2.30. The molecule has 2 fully saturated rings. The molecular formula is C22H30N4O2. The van der Waals surface area contributed by atoms with Gasteiger partial charge in [-0.3, -0.25) is 14.8 Å². The largest absolute Gasteiger partial charge is 0.378 e. The predicted molar refractivity (Wildman–Crippen MR) is 108 cm³/mol. The van der Waals surface area contributed by atoms with Crippen molar-refractivity contribution in [3.05, 3.63) is 53.3 Å². The fourth-order valence-electron chi connectivity index (χ4n) is 4.29. The molecule has 2 aliphatic rings. The summed E-state index contributed by atoms with van der Waals surface area (Å²) in [4.78, 5) is 17.1. The molecular weight excluding hydrogens is 352 g/mol. The highest BCUT2D eigenvalue weighted by Gasteiger charge is 2.27. The van der Waals surface area contributed by atoms with Crippen molar-refractivity contribution in [3.8, 4) is 0 Å². The summed E-state index contributed by atoms with van der Waals surface area (Å²) in [5, 5.41) is 7.51. The van der Waals surface area contributed by atoms with Crippen LogP contribution in [0, 0.1) is 0 Å². The Hall–Kier alpha value is -2.18. The SMILES string of the molecule is O=C(c1cc(C2CCCCN2CCCc2ccccc2)[nH]n1)N1CCOCC1. The third kappa shape index (κ3) is 4.62. The number of hydrogen-bond acceptors (Lipinski definition) is 4. The molecule has 1 atom stereocenters. The van der Waals surface area contributed by atoms with Crippen LogP contribution in [0.4, 0.5) is 0 Å². The van der Waals surface area contributed by atoms with E-state index in [9.17, 15) is 4.79 Å². The average Bonchev–Trinajstić information content (AvgIpc) is 3.25. The number of ether oxygens (including phenoxy) is 1. The second-order valence-electron chi connectivity index (χ2n) is 7.75. The van der Waals surface area contributed by atoms with E-state index in [1.807, 2.05) is 11.0 Å².